The molecule has 0 radical (unpaired) electrons. The zero-order valence-corrected chi connectivity index (χ0v) is 13.2. The van der Waals surface area contributed by atoms with Crippen LogP contribution in [0.25, 0.3) is 0 Å². The largest absolute Gasteiger partial charge is 0.385 e. The predicted octanol–water partition coefficient (Wildman–Crippen LogP) is 3.70. The highest BCUT2D eigenvalue weighted by atomic mass is 32.2. The second-order valence-corrected chi connectivity index (χ2v) is 6.85. The maximum absolute atomic E-state index is 5.20. The summed E-state index contributed by atoms with van der Waals surface area (Å²) in [5.74, 6) is 1.98. The van der Waals surface area contributed by atoms with Gasteiger partial charge >= 0.3 is 0 Å². The van der Waals surface area contributed by atoms with Crippen LogP contribution in [0.4, 0.5) is 0 Å². The number of rotatable bonds is 9. The third kappa shape index (κ3) is 6.44. The van der Waals surface area contributed by atoms with Crippen molar-refractivity contribution >= 4 is 11.8 Å². The lowest BCUT2D eigenvalue weighted by molar-refractivity contribution is 0.172. The minimum atomic E-state index is 0.650. The fourth-order valence-corrected chi connectivity index (χ4v) is 4.26. The van der Waals surface area contributed by atoms with Crippen LogP contribution in [0.15, 0.2) is 0 Å². The fourth-order valence-electron chi connectivity index (χ4n) is 2.66. The smallest absolute Gasteiger partial charge is 0.0465 e. The quantitative estimate of drug-likeness (QED) is 0.692. The minimum Gasteiger partial charge on any atom is -0.385 e. The summed E-state index contributed by atoms with van der Waals surface area (Å²) in [7, 11) is 1.80. The molecule has 0 aromatic carbocycles. The molecule has 0 aliphatic heterocycles. The van der Waals surface area contributed by atoms with Gasteiger partial charge in [-0.1, -0.05) is 33.1 Å². The van der Waals surface area contributed by atoms with Crippen molar-refractivity contribution in [2.24, 2.45) is 5.92 Å². The van der Waals surface area contributed by atoms with Gasteiger partial charge in [-0.3, -0.25) is 0 Å². The van der Waals surface area contributed by atoms with E-state index in [-0.39, 0.29) is 0 Å². The van der Waals surface area contributed by atoms with Gasteiger partial charge in [-0.25, -0.2) is 0 Å². The molecule has 0 amide bonds. The van der Waals surface area contributed by atoms with Crippen LogP contribution >= 0.6 is 11.8 Å². The zero-order valence-electron chi connectivity index (χ0n) is 12.4. The molecular weight excluding hydrogens is 242 g/mol. The molecule has 1 fully saturated rings. The lowest BCUT2D eigenvalue weighted by Crippen LogP contribution is -2.38. The van der Waals surface area contributed by atoms with Crippen molar-refractivity contribution in [3.05, 3.63) is 0 Å². The van der Waals surface area contributed by atoms with Crippen LogP contribution in [-0.4, -0.2) is 37.3 Å². The van der Waals surface area contributed by atoms with Crippen molar-refractivity contribution in [1.29, 1.82) is 0 Å². The standard InChI is InChI=1S/C15H31NOS/c1-4-16-15(13(2)10-11-17-3)12-18-14-8-6-5-7-9-14/h13-16H,4-12H2,1-3H3. The molecule has 0 aromatic heterocycles. The van der Waals surface area contributed by atoms with E-state index in [0.29, 0.717) is 12.0 Å². The number of thioether (sulfide) groups is 1. The Labute approximate surface area is 118 Å². The third-order valence-electron chi connectivity index (χ3n) is 3.99. The molecule has 18 heavy (non-hydrogen) atoms. The van der Waals surface area contributed by atoms with Gasteiger partial charge in [-0.05, 0) is 31.7 Å². The van der Waals surface area contributed by atoms with Crippen LogP contribution in [0.1, 0.15) is 52.4 Å². The van der Waals surface area contributed by atoms with Gasteiger partial charge in [-0.2, -0.15) is 11.8 Å². The second kappa shape index (κ2) is 10.1. The van der Waals surface area contributed by atoms with E-state index >= 15 is 0 Å². The molecule has 108 valence electrons. The number of methoxy groups -OCH3 is 1. The highest BCUT2D eigenvalue weighted by Crippen LogP contribution is 2.29. The summed E-state index contributed by atoms with van der Waals surface area (Å²) in [4.78, 5) is 0. The van der Waals surface area contributed by atoms with E-state index in [1.165, 1.54) is 44.3 Å². The van der Waals surface area contributed by atoms with E-state index in [0.717, 1.165) is 18.4 Å². The second-order valence-electron chi connectivity index (χ2n) is 5.52. The summed E-state index contributed by atoms with van der Waals surface area (Å²) in [6.45, 7) is 6.53. The van der Waals surface area contributed by atoms with Crippen molar-refractivity contribution in [3.8, 4) is 0 Å². The maximum atomic E-state index is 5.20. The minimum absolute atomic E-state index is 0.650. The molecule has 0 aromatic rings. The Morgan fingerprint density at radius 1 is 1.28 bits per heavy atom. The average molecular weight is 273 g/mol. The van der Waals surface area contributed by atoms with Gasteiger partial charge in [0.05, 0.1) is 0 Å². The van der Waals surface area contributed by atoms with Crippen molar-refractivity contribution < 1.29 is 4.74 Å². The zero-order chi connectivity index (χ0) is 13.2. The van der Waals surface area contributed by atoms with Crippen LogP contribution in [0.5, 0.6) is 0 Å². The SMILES string of the molecule is CCNC(CSC1CCCCC1)C(C)CCOC. The molecule has 3 heteroatoms. The highest BCUT2D eigenvalue weighted by Gasteiger charge is 2.20. The molecule has 1 N–H and O–H groups in total. The monoisotopic (exact) mass is 273 g/mol. The first-order chi connectivity index (χ1) is 8.77. The Kier molecular flexibility index (Phi) is 9.16. The van der Waals surface area contributed by atoms with Gasteiger partial charge in [0.2, 0.25) is 0 Å². The molecule has 0 bridgehead atoms. The summed E-state index contributed by atoms with van der Waals surface area (Å²) in [5.41, 5.74) is 0. The lowest BCUT2D eigenvalue weighted by atomic mass is 10.00. The molecule has 2 atom stereocenters. The van der Waals surface area contributed by atoms with Crippen LogP contribution in [0.2, 0.25) is 0 Å². The molecule has 1 aliphatic rings. The highest BCUT2D eigenvalue weighted by molar-refractivity contribution is 7.99. The molecule has 1 rings (SSSR count). The van der Waals surface area contributed by atoms with Crippen LogP contribution in [0, 0.1) is 5.92 Å². The summed E-state index contributed by atoms with van der Waals surface area (Å²) in [6.07, 6.45) is 8.40. The van der Waals surface area contributed by atoms with E-state index in [4.69, 9.17) is 4.74 Å². The van der Waals surface area contributed by atoms with Crippen molar-refractivity contribution in [3.63, 3.8) is 0 Å². The van der Waals surface area contributed by atoms with E-state index in [1.54, 1.807) is 7.11 Å². The predicted molar refractivity (Wildman–Crippen MR) is 82.5 cm³/mol. The molecule has 2 nitrogen and oxygen atoms in total. The molecule has 0 heterocycles. The third-order valence-corrected chi connectivity index (χ3v) is 5.49. The normalized spacial score (nSPS) is 20.8. The number of hydrogen-bond acceptors (Lipinski definition) is 3. The number of nitrogens with one attached hydrogen (secondary N) is 1. The molecule has 0 saturated heterocycles. The summed E-state index contributed by atoms with van der Waals surface area (Å²) in [5, 5.41) is 4.58. The molecule has 1 saturated carbocycles. The summed E-state index contributed by atoms with van der Waals surface area (Å²) in [6, 6.07) is 0.650. The first kappa shape index (κ1) is 16.3. The Bertz CT molecular complexity index is 195. The van der Waals surface area contributed by atoms with Crippen LogP contribution < -0.4 is 5.32 Å². The first-order valence-corrected chi connectivity index (χ1v) is 8.66. The Morgan fingerprint density at radius 3 is 2.61 bits per heavy atom. The van der Waals surface area contributed by atoms with Crippen molar-refractivity contribution in [1.82, 2.24) is 5.32 Å². The van der Waals surface area contributed by atoms with E-state index in [9.17, 15) is 0 Å². The molecule has 1 aliphatic carbocycles. The van der Waals surface area contributed by atoms with E-state index in [1.807, 2.05) is 0 Å². The van der Waals surface area contributed by atoms with Crippen molar-refractivity contribution in [2.45, 2.75) is 63.7 Å². The Hall–Kier alpha value is 0.270. The van der Waals surface area contributed by atoms with Gasteiger partial charge in [0.1, 0.15) is 0 Å². The van der Waals surface area contributed by atoms with Gasteiger partial charge in [0.25, 0.3) is 0 Å². The Balaban J connectivity index is 2.26. The van der Waals surface area contributed by atoms with E-state index < -0.39 is 0 Å². The average Bonchev–Trinajstić information content (AvgIpc) is 2.42. The maximum Gasteiger partial charge on any atom is 0.0465 e. The lowest BCUT2D eigenvalue weighted by Gasteiger charge is -2.28. The van der Waals surface area contributed by atoms with Gasteiger partial charge in [0, 0.05) is 30.8 Å². The molecular formula is C15H31NOS. The van der Waals surface area contributed by atoms with Gasteiger partial charge in [0.15, 0.2) is 0 Å². The number of ether oxygens (including phenoxy) is 1. The molecule has 0 spiro atoms. The molecule has 2 unspecified atom stereocenters. The Morgan fingerprint density at radius 2 is 2.00 bits per heavy atom. The summed E-state index contributed by atoms with van der Waals surface area (Å²) >= 11 is 2.20. The fraction of sp³-hybridized carbons (Fsp3) is 1.00. The number of hydrogen-bond donors (Lipinski definition) is 1. The van der Waals surface area contributed by atoms with Crippen LogP contribution in [0.3, 0.4) is 0 Å². The van der Waals surface area contributed by atoms with E-state index in [2.05, 4.69) is 30.9 Å². The van der Waals surface area contributed by atoms with Gasteiger partial charge in [-0.15, -0.1) is 0 Å². The first-order valence-electron chi connectivity index (χ1n) is 7.61. The van der Waals surface area contributed by atoms with Gasteiger partial charge < -0.3 is 10.1 Å². The van der Waals surface area contributed by atoms with Crippen molar-refractivity contribution in [2.75, 3.05) is 26.0 Å². The summed E-state index contributed by atoms with van der Waals surface area (Å²) < 4.78 is 5.20. The topological polar surface area (TPSA) is 21.3 Å². The van der Waals surface area contributed by atoms with Crippen LogP contribution in [-0.2, 0) is 4.74 Å².